The first-order chi connectivity index (χ1) is 60.6. The normalized spacial score (nSPS) is 12.5. The van der Waals surface area contributed by atoms with Gasteiger partial charge in [-0.3, -0.25) is 0 Å². The molecule has 0 N–H and O–H groups in total. The molecule has 0 atom stereocenters. The Morgan fingerprint density at radius 1 is 0.138 bits per heavy atom. The molecule has 0 radical (unpaired) electrons. The van der Waals surface area contributed by atoms with Crippen LogP contribution in [0.3, 0.4) is 0 Å². The molecule has 0 aromatic heterocycles. The standard InChI is InChI=1S/C119H78N4/c1-119(2)115-72-108(121(100-44-36-76-20-4-8-32-88(76)64-100)102-48-40-92-56-80-24-12-16-28-84(80)60-96(92)68-102)51-53-109(115)111-73-113-114(74-116(111)119)117(122(103-45-37-77-21-5-9-33-89(77)65-103)105-49-41-93-57-81-25-13-17-29-85(81)61-97(93)69-105)110-54-52-107(120(99-43-35-75-19-3-7-31-87(75)63-99)101-47-39-91-55-79-23-11-15-27-83(79)59-95(91)67-101)71-112(110)118(113)123(104-46-38-78-22-6-10-34-90(78)66-104)106-50-42-94-58-82-26-14-18-30-86(82)62-98(94)70-106/h3-74H,1-2H3. The topological polar surface area (TPSA) is 13.0 Å². The number of rotatable bonds is 12. The number of benzene rings is 24. The van der Waals surface area contributed by atoms with Gasteiger partial charge in [0.05, 0.1) is 11.4 Å². The molecule has 1 aliphatic rings. The summed E-state index contributed by atoms with van der Waals surface area (Å²) in [7, 11) is 0. The lowest BCUT2D eigenvalue weighted by Crippen LogP contribution is -2.18. The Hall–Kier alpha value is -15.9. The SMILES string of the molecule is CC1(C)c2cc(N(c3ccc4ccccc4c3)c3ccc4cc5ccccc5cc4c3)ccc2-c2cc3c(N(c4ccc5ccccc5c4)c4ccc5cc6ccccc6cc5c4)c4cc(N(c5ccc6ccccc6c5)c5ccc6cc7ccccc7cc6c5)ccc4c(N(c4ccc5ccccc5c4)c4ccc5cc6ccccc6cc5c4)c3cc21. The minimum absolute atomic E-state index is 0.536. The van der Waals surface area contributed by atoms with Crippen LogP contribution in [0, 0.1) is 0 Å². The van der Waals surface area contributed by atoms with Crippen molar-refractivity contribution in [3.8, 4) is 11.1 Å². The summed E-state index contributed by atoms with van der Waals surface area (Å²) in [4.78, 5) is 10.2. The lowest BCUT2D eigenvalue weighted by atomic mass is 9.81. The minimum Gasteiger partial charge on any atom is -0.310 e. The van der Waals surface area contributed by atoms with Gasteiger partial charge in [-0.25, -0.2) is 0 Å². The molecule has 574 valence electrons. The summed E-state index contributed by atoms with van der Waals surface area (Å²) in [5.74, 6) is 0. The summed E-state index contributed by atoms with van der Waals surface area (Å²) in [5, 5.41) is 32.9. The summed E-state index contributed by atoms with van der Waals surface area (Å²) in [6.45, 7) is 4.93. The van der Waals surface area contributed by atoms with Crippen molar-refractivity contribution in [1.29, 1.82) is 0 Å². The molecular formula is C119H78N4. The van der Waals surface area contributed by atoms with Gasteiger partial charge in [0.1, 0.15) is 0 Å². The van der Waals surface area contributed by atoms with E-state index < -0.39 is 5.41 Å². The van der Waals surface area contributed by atoms with E-state index in [1.165, 1.54) is 125 Å². The van der Waals surface area contributed by atoms with Crippen LogP contribution in [-0.4, -0.2) is 0 Å². The van der Waals surface area contributed by atoms with Crippen LogP contribution in [0.15, 0.2) is 437 Å². The van der Waals surface area contributed by atoms with Crippen molar-refractivity contribution in [2.24, 2.45) is 0 Å². The molecule has 25 rings (SSSR count). The molecule has 0 saturated heterocycles. The van der Waals surface area contributed by atoms with Crippen LogP contribution in [-0.2, 0) is 5.41 Å². The van der Waals surface area contributed by atoms with E-state index in [0.29, 0.717) is 0 Å². The highest BCUT2D eigenvalue weighted by atomic mass is 15.2. The third-order valence-electron chi connectivity index (χ3n) is 26.5. The second-order valence-electron chi connectivity index (χ2n) is 34.1. The van der Waals surface area contributed by atoms with Gasteiger partial charge in [0.25, 0.3) is 0 Å². The summed E-state index contributed by atoms with van der Waals surface area (Å²) in [5.41, 5.74) is 17.1. The van der Waals surface area contributed by atoms with Crippen LogP contribution < -0.4 is 19.6 Å². The maximum atomic E-state index is 2.62. The molecule has 0 saturated carbocycles. The third kappa shape index (κ3) is 11.7. The fraction of sp³-hybridized carbons (Fsp3) is 0.0252. The monoisotopic (exact) mass is 1560 g/mol. The summed E-state index contributed by atoms with van der Waals surface area (Å²) < 4.78 is 0. The average molecular weight is 1560 g/mol. The van der Waals surface area contributed by atoms with Gasteiger partial charge in [-0.1, -0.05) is 269 Å². The number of hydrogen-bond donors (Lipinski definition) is 0. The van der Waals surface area contributed by atoms with Crippen LogP contribution in [0.2, 0.25) is 0 Å². The van der Waals surface area contributed by atoms with E-state index in [9.17, 15) is 0 Å². The molecule has 0 aliphatic heterocycles. The first kappa shape index (κ1) is 70.2. The Morgan fingerprint density at radius 2 is 0.341 bits per heavy atom. The molecule has 0 amide bonds. The second kappa shape index (κ2) is 27.6. The predicted octanol–water partition coefficient (Wildman–Crippen LogP) is 34.0. The molecule has 123 heavy (non-hydrogen) atoms. The van der Waals surface area contributed by atoms with Gasteiger partial charge in [-0.05, 0) is 334 Å². The molecule has 1 aliphatic carbocycles. The predicted molar refractivity (Wildman–Crippen MR) is 528 cm³/mol. The minimum atomic E-state index is -0.536. The lowest BCUT2D eigenvalue weighted by Gasteiger charge is -2.34. The van der Waals surface area contributed by atoms with Crippen molar-refractivity contribution in [3.63, 3.8) is 0 Å². The van der Waals surface area contributed by atoms with Crippen LogP contribution in [0.5, 0.6) is 0 Å². The smallest absolute Gasteiger partial charge is 0.0620 e. The molecule has 24 aromatic rings. The van der Waals surface area contributed by atoms with Crippen molar-refractivity contribution < 1.29 is 0 Å². The van der Waals surface area contributed by atoms with Crippen LogP contribution >= 0.6 is 0 Å². The van der Waals surface area contributed by atoms with E-state index in [0.717, 1.165) is 117 Å². The van der Waals surface area contributed by atoms with Crippen molar-refractivity contribution in [2.75, 3.05) is 19.6 Å². The zero-order valence-corrected chi connectivity index (χ0v) is 67.9. The summed E-state index contributed by atoms with van der Waals surface area (Å²) in [6, 6.07) is 165. The van der Waals surface area contributed by atoms with Crippen molar-refractivity contribution in [2.45, 2.75) is 19.3 Å². The third-order valence-corrected chi connectivity index (χ3v) is 26.5. The maximum Gasteiger partial charge on any atom is 0.0620 e. The number of anilines is 12. The maximum absolute atomic E-state index is 2.62. The zero-order valence-electron chi connectivity index (χ0n) is 67.9. The fourth-order valence-corrected chi connectivity index (χ4v) is 20.4. The number of nitrogens with zero attached hydrogens (tertiary/aromatic N) is 4. The van der Waals surface area contributed by atoms with Crippen molar-refractivity contribution >= 4 is 219 Å². The van der Waals surface area contributed by atoms with Crippen LogP contribution in [0.1, 0.15) is 25.0 Å². The Morgan fingerprint density at radius 3 is 0.667 bits per heavy atom. The van der Waals surface area contributed by atoms with E-state index in [4.69, 9.17) is 0 Å². The highest BCUT2D eigenvalue weighted by molar-refractivity contribution is 6.26. The fourth-order valence-electron chi connectivity index (χ4n) is 20.4. The molecule has 24 aromatic carbocycles. The first-order valence-corrected chi connectivity index (χ1v) is 42.7. The molecule has 4 nitrogen and oxygen atoms in total. The van der Waals surface area contributed by atoms with E-state index >= 15 is 0 Å². The number of fused-ring (bicyclic) bond motifs is 17. The quantitative estimate of drug-likeness (QED) is 0.0893. The van der Waals surface area contributed by atoms with E-state index in [-0.39, 0.29) is 0 Å². The van der Waals surface area contributed by atoms with E-state index in [1.807, 2.05) is 0 Å². The Kier molecular flexibility index (Phi) is 15.7. The molecule has 0 bridgehead atoms. The van der Waals surface area contributed by atoms with Gasteiger partial charge in [-0.15, -0.1) is 0 Å². The Bertz CT molecular complexity index is 8610. The van der Waals surface area contributed by atoms with Crippen LogP contribution in [0.25, 0.3) is 162 Å². The Labute approximate surface area is 712 Å². The first-order valence-electron chi connectivity index (χ1n) is 42.7. The van der Waals surface area contributed by atoms with Gasteiger partial charge in [0.2, 0.25) is 0 Å². The van der Waals surface area contributed by atoms with Gasteiger partial charge in [-0.2, -0.15) is 0 Å². The molecule has 0 heterocycles. The largest absolute Gasteiger partial charge is 0.310 e. The molecule has 4 heteroatoms. The second-order valence-corrected chi connectivity index (χ2v) is 34.1. The van der Waals surface area contributed by atoms with E-state index in [2.05, 4.69) is 470 Å². The highest BCUT2D eigenvalue weighted by Gasteiger charge is 2.39. The van der Waals surface area contributed by atoms with Gasteiger partial charge >= 0.3 is 0 Å². The van der Waals surface area contributed by atoms with Crippen molar-refractivity contribution in [3.05, 3.63) is 448 Å². The van der Waals surface area contributed by atoms with Gasteiger partial charge in [0, 0.05) is 83.8 Å². The molecule has 0 fully saturated rings. The highest BCUT2D eigenvalue weighted by Crippen LogP contribution is 2.59. The zero-order chi connectivity index (χ0) is 81.1. The average Bonchev–Trinajstić information content (AvgIpc) is 1.63. The number of hydrogen-bond acceptors (Lipinski definition) is 4. The van der Waals surface area contributed by atoms with Crippen molar-refractivity contribution in [1.82, 2.24) is 0 Å². The molecular weight excluding hydrogens is 1490 g/mol. The van der Waals surface area contributed by atoms with Crippen LogP contribution in [0.4, 0.5) is 68.2 Å². The molecule has 0 spiro atoms. The van der Waals surface area contributed by atoms with E-state index in [1.54, 1.807) is 0 Å². The van der Waals surface area contributed by atoms with Gasteiger partial charge < -0.3 is 19.6 Å². The Balaban J connectivity index is 0.816. The van der Waals surface area contributed by atoms with Gasteiger partial charge in [0.15, 0.2) is 0 Å². The summed E-state index contributed by atoms with van der Waals surface area (Å²) in [6.07, 6.45) is 0. The lowest BCUT2D eigenvalue weighted by molar-refractivity contribution is 0.661. The molecule has 0 unspecified atom stereocenters. The summed E-state index contributed by atoms with van der Waals surface area (Å²) >= 11 is 0.